The molecule has 1 aromatic heterocycles. The summed E-state index contributed by atoms with van der Waals surface area (Å²) in [6.45, 7) is 4.75. The van der Waals surface area contributed by atoms with E-state index in [-0.39, 0.29) is 11.9 Å². The number of carbonyl (C=O) groups excluding carboxylic acids is 1. The van der Waals surface area contributed by atoms with Crippen molar-refractivity contribution in [1.29, 1.82) is 0 Å². The highest BCUT2D eigenvalue weighted by atomic mass is 32.1. The molecule has 110 valence electrons. The van der Waals surface area contributed by atoms with Crippen molar-refractivity contribution < 1.29 is 14.7 Å². The molecule has 0 spiro atoms. The second kappa shape index (κ2) is 6.21. The van der Waals surface area contributed by atoms with E-state index in [1.807, 2.05) is 13.1 Å². The van der Waals surface area contributed by atoms with Crippen LogP contribution >= 0.6 is 11.3 Å². The van der Waals surface area contributed by atoms with E-state index in [0.29, 0.717) is 13.1 Å². The van der Waals surface area contributed by atoms with Crippen LogP contribution in [0.2, 0.25) is 0 Å². The summed E-state index contributed by atoms with van der Waals surface area (Å²) in [4.78, 5) is 30.1. The quantitative estimate of drug-likeness (QED) is 0.886. The summed E-state index contributed by atoms with van der Waals surface area (Å²) < 4.78 is 0. The fraction of sp³-hybridized carbons (Fsp3) is 0.615. The van der Waals surface area contributed by atoms with Crippen LogP contribution in [0.4, 0.5) is 4.79 Å². The van der Waals surface area contributed by atoms with Crippen LogP contribution in [0.3, 0.4) is 0 Å². The standard InChI is InChI=1S/C13H19N3O3S/c1-3-9-6-14-10(20-9)7-15-13(19)16-5-4-8(2)11(16)12(17)18/h6,8,11H,3-5,7H2,1-2H3,(H,15,19)(H,17,18). The van der Waals surface area contributed by atoms with Crippen LogP contribution in [0.5, 0.6) is 0 Å². The molecule has 2 unspecified atom stereocenters. The molecule has 2 N–H and O–H groups in total. The molecular weight excluding hydrogens is 278 g/mol. The highest BCUT2D eigenvalue weighted by molar-refractivity contribution is 7.11. The molecule has 1 saturated heterocycles. The third-order valence-electron chi connectivity index (χ3n) is 3.55. The summed E-state index contributed by atoms with van der Waals surface area (Å²) in [5, 5.41) is 12.8. The number of urea groups is 1. The minimum absolute atomic E-state index is 0.00944. The first kappa shape index (κ1) is 14.8. The van der Waals surface area contributed by atoms with Gasteiger partial charge >= 0.3 is 12.0 Å². The van der Waals surface area contributed by atoms with Crippen LogP contribution in [-0.2, 0) is 17.8 Å². The first-order valence-corrected chi connectivity index (χ1v) is 7.55. The van der Waals surface area contributed by atoms with E-state index in [0.717, 1.165) is 17.8 Å². The average molecular weight is 297 g/mol. The molecular formula is C13H19N3O3S. The van der Waals surface area contributed by atoms with E-state index in [2.05, 4.69) is 17.2 Å². The number of aryl methyl sites for hydroxylation is 1. The molecule has 1 aliphatic rings. The number of thiazole rings is 1. The van der Waals surface area contributed by atoms with E-state index < -0.39 is 12.0 Å². The third-order valence-corrected chi connectivity index (χ3v) is 4.70. The number of nitrogens with zero attached hydrogens (tertiary/aromatic N) is 2. The van der Waals surface area contributed by atoms with Crippen molar-refractivity contribution in [3.63, 3.8) is 0 Å². The van der Waals surface area contributed by atoms with E-state index in [9.17, 15) is 14.7 Å². The molecule has 0 aliphatic carbocycles. The van der Waals surface area contributed by atoms with E-state index in [4.69, 9.17) is 0 Å². The molecule has 7 heteroatoms. The Labute approximate surface area is 121 Å². The molecule has 0 bridgehead atoms. The summed E-state index contributed by atoms with van der Waals surface area (Å²) >= 11 is 1.56. The fourth-order valence-corrected chi connectivity index (χ4v) is 3.20. The number of nitrogens with one attached hydrogen (secondary N) is 1. The topological polar surface area (TPSA) is 82.5 Å². The van der Waals surface area contributed by atoms with E-state index in [1.165, 1.54) is 9.78 Å². The molecule has 1 aliphatic heterocycles. The van der Waals surface area contributed by atoms with Crippen LogP contribution in [0.25, 0.3) is 0 Å². The average Bonchev–Trinajstić information content (AvgIpc) is 3.02. The number of aliphatic carboxylic acids is 1. The Morgan fingerprint density at radius 1 is 1.60 bits per heavy atom. The SMILES string of the molecule is CCc1cnc(CNC(=O)N2CCC(C)C2C(=O)O)s1. The van der Waals surface area contributed by atoms with Gasteiger partial charge in [0, 0.05) is 17.6 Å². The summed E-state index contributed by atoms with van der Waals surface area (Å²) in [7, 11) is 0. The van der Waals surface area contributed by atoms with Crippen molar-refractivity contribution in [2.75, 3.05) is 6.54 Å². The zero-order valence-electron chi connectivity index (χ0n) is 11.6. The highest BCUT2D eigenvalue weighted by Crippen LogP contribution is 2.24. The number of likely N-dealkylation sites (tertiary alicyclic amines) is 1. The molecule has 1 fully saturated rings. The molecule has 2 heterocycles. The number of carbonyl (C=O) groups is 2. The maximum absolute atomic E-state index is 12.1. The first-order valence-electron chi connectivity index (χ1n) is 6.73. The number of hydrogen-bond acceptors (Lipinski definition) is 4. The lowest BCUT2D eigenvalue weighted by Gasteiger charge is -2.23. The number of amides is 2. The molecule has 0 radical (unpaired) electrons. The summed E-state index contributed by atoms with van der Waals surface area (Å²) in [5.74, 6) is -0.947. The van der Waals surface area contributed by atoms with Gasteiger partial charge in [0.05, 0.1) is 6.54 Å². The molecule has 1 aromatic rings. The second-order valence-electron chi connectivity index (χ2n) is 4.98. The van der Waals surface area contributed by atoms with Gasteiger partial charge in [0.2, 0.25) is 0 Å². The van der Waals surface area contributed by atoms with Gasteiger partial charge < -0.3 is 15.3 Å². The van der Waals surface area contributed by atoms with Gasteiger partial charge in [-0.05, 0) is 18.8 Å². The largest absolute Gasteiger partial charge is 0.480 e. The lowest BCUT2D eigenvalue weighted by Crippen LogP contribution is -2.47. The number of hydrogen-bond donors (Lipinski definition) is 2. The predicted octanol–water partition coefficient (Wildman–Crippen LogP) is 1.71. The van der Waals surface area contributed by atoms with Gasteiger partial charge in [-0.1, -0.05) is 13.8 Å². The van der Waals surface area contributed by atoms with Crippen molar-refractivity contribution in [3.8, 4) is 0 Å². The maximum Gasteiger partial charge on any atom is 0.326 e. The van der Waals surface area contributed by atoms with Gasteiger partial charge in [-0.15, -0.1) is 11.3 Å². The van der Waals surface area contributed by atoms with Crippen LogP contribution in [0.1, 0.15) is 30.2 Å². The van der Waals surface area contributed by atoms with Gasteiger partial charge in [-0.25, -0.2) is 14.6 Å². The summed E-state index contributed by atoms with van der Waals surface area (Å²) in [6.07, 6.45) is 3.46. The number of carboxylic acids is 1. The Kier molecular flexibility index (Phi) is 4.59. The molecule has 20 heavy (non-hydrogen) atoms. The highest BCUT2D eigenvalue weighted by Gasteiger charge is 2.39. The normalized spacial score (nSPS) is 22.0. The van der Waals surface area contributed by atoms with Gasteiger partial charge in [-0.3, -0.25) is 0 Å². The fourth-order valence-electron chi connectivity index (χ4n) is 2.40. The minimum atomic E-state index is -0.937. The Balaban J connectivity index is 1.93. The zero-order chi connectivity index (χ0) is 14.7. The van der Waals surface area contributed by atoms with Gasteiger partial charge in [0.25, 0.3) is 0 Å². The predicted molar refractivity (Wildman–Crippen MR) is 75.6 cm³/mol. The number of aromatic nitrogens is 1. The van der Waals surface area contributed by atoms with E-state index >= 15 is 0 Å². The van der Waals surface area contributed by atoms with Crippen LogP contribution < -0.4 is 5.32 Å². The smallest absolute Gasteiger partial charge is 0.326 e. The summed E-state index contributed by atoms with van der Waals surface area (Å²) in [6, 6.07) is -1.05. The first-order chi connectivity index (χ1) is 9.52. The van der Waals surface area contributed by atoms with Crippen LogP contribution in [0.15, 0.2) is 6.20 Å². The lowest BCUT2D eigenvalue weighted by atomic mass is 10.0. The number of rotatable bonds is 4. The van der Waals surface area contributed by atoms with Crippen molar-refractivity contribution in [1.82, 2.24) is 15.2 Å². The van der Waals surface area contributed by atoms with Crippen LogP contribution in [0, 0.1) is 5.92 Å². The Morgan fingerprint density at radius 2 is 2.35 bits per heavy atom. The molecule has 0 saturated carbocycles. The third kappa shape index (κ3) is 3.09. The Bertz CT molecular complexity index is 503. The minimum Gasteiger partial charge on any atom is -0.480 e. The molecule has 2 atom stereocenters. The van der Waals surface area contributed by atoms with Gasteiger partial charge in [0.15, 0.2) is 0 Å². The Morgan fingerprint density at radius 3 is 2.95 bits per heavy atom. The lowest BCUT2D eigenvalue weighted by molar-refractivity contribution is -0.142. The number of carboxylic acid groups (broad SMARTS) is 1. The van der Waals surface area contributed by atoms with Crippen LogP contribution in [-0.4, -0.2) is 39.6 Å². The second-order valence-corrected chi connectivity index (χ2v) is 6.17. The monoisotopic (exact) mass is 297 g/mol. The van der Waals surface area contributed by atoms with Gasteiger partial charge in [0.1, 0.15) is 11.0 Å². The molecule has 6 nitrogen and oxygen atoms in total. The van der Waals surface area contributed by atoms with Gasteiger partial charge in [-0.2, -0.15) is 0 Å². The van der Waals surface area contributed by atoms with Crippen molar-refractivity contribution >= 4 is 23.3 Å². The maximum atomic E-state index is 12.1. The van der Waals surface area contributed by atoms with E-state index in [1.54, 1.807) is 11.3 Å². The van der Waals surface area contributed by atoms with Crippen molar-refractivity contribution in [2.45, 2.75) is 39.3 Å². The molecule has 0 aromatic carbocycles. The van der Waals surface area contributed by atoms with Crippen molar-refractivity contribution in [2.24, 2.45) is 5.92 Å². The molecule has 2 rings (SSSR count). The molecule has 2 amide bonds. The van der Waals surface area contributed by atoms with Crippen molar-refractivity contribution in [3.05, 3.63) is 16.1 Å². The Hall–Kier alpha value is -1.63. The summed E-state index contributed by atoms with van der Waals surface area (Å²) in [5.41, 5.74) is 0. The zero-order valence-corrected chi connectivity index (χ0v) is 12.4.